The van der Waals surface area contributed by atoms with E-state index in [0.717, 1.165) is 18.9 Å². The molecule has 4 aliphatic carbocycles. The highest BCUT2D eigenvalue weighted by Crippen LogP contribution is 2.66. The van der Waals surface area contributed by atoms with E-state index in [-0.39, 0.29) is 0 Å². The summed E-state index contributed by atoms with van der Waals surface area (Å²) in [6.45, 7) is 6.05. The predicted molar refractivity (Wildman–Crippen MR) is 71.6 cm³/mol. The molecule has 0 aromatic heterocycles. The Bertz CT molecular complexity index is 346. The third-order valence-electron chi connectivity index (χ3n) is 5.40. The second-order valence-corrected chi connectivity index (χ2v) is 7.79. The van der Waals surface area contributed by atoms with Crippen LogP contribution in [0, 0.1) is 29.1 Å². The molecular formula is C16H25N. The summed E-state index contributed by atoms with van der Waals surface area (Å²) in [7, 11) is 0. The van der Waals surface area contributed by atoms with Gasteiger partial charge in [-0.3, -0.25) is 0 Å². The van der Waals surface area contributed by atoms with Crippen molar-refractivity contribution in [2.45, 2.75) is 64.3 Å². The van der Waals surface area contributed by atoms with Gasteiger partial charge in [0.25, 0.3) is 0 Å². The van der Waals surface area contributed by atoms with Gasteiger partial charge >= 0.3 is 0 Å². The maximum Gasteiger partial charge on any atom is 0.0212 e. The molecule has 94 valence electrons. The van der Waals surface area contributed by atoms with Crippen molar-refractivity contribution in [2.75, 3.05) is 6.54 Å². The minimum absolute atomic E-state index is 0.430. The molecule has 2 atom stereocenters. The van der Waals surface area contributed by atoms with Gasteiger partial charge in [0.15, 0.2) is 0 Å². The Kier molecular flexibility index (Phi) is 2.40. The second-order valence-electron chi connectivity index (χ2n) is 7.79. The number of terminal acetylenes is 1. The van der Waals surface area contributed by atoms with Gasteiger partial charge in [0.1, 0.15) is 0 Å². The van der Waals surface area contributed by atoms with Gasteiger partial charge in [-0.25, -0.2) is 0 Å². The molecule has 0 aromatic rings. The summed E-state index contributed by atoms with van der Waals surface area (Å²) in [5.41, 5.74) is 1.65. The molecule has 0 radical (unpaired) electrons. The van der Waals surface area contributed by atoms with Gasteiger partial charge in [0.2, 0.25) is 0 Å². The number of nitrogens with one attached hydrogen (secondary N) is 1. The lowest BCUT2D eigenvalue weighted by Crippen LogP contribution is -2.64. The van der Waals surface area contributed by atoms with Crippen molar-refractivity contribution >= 4 is 0 Å². The van der Waals surface area contributed by atoms with Crippen molar-refractivity contribution in [2.24, 2.45) is 16.7 Å². The van der Waals surface area contributed by atoms with Crippen molar-refractivity contribution in [1.29, 1.82) is 0 Å². The van der Waals surface area contributed by atoms with E-state index in [1.54, 1.807) is 0 Å². The summed E-state index contributed by atoms with van der Waals surface area (Å²) >= 11 is 0. The molecule has 0 heterocycles. The molecule has 2 unspecified atom stereocenters. The van der Waals surface area contributed by atoms with E-state index in [0.29, 0.717) is 16.4 Å². The topological polar surface area (TPSA) is 12.0 Å². The van der Waals surface area contributed by atoms with Crippen LogP contribution >= 0.6 is 0 Å². The normalized spacial score (nSPS) is 51.5. The van der Waals surface area contributed by atoms with Crippen LogP contribution in [0.5, 0.6) is 0 Å². The van der Waals surface area contributed by atoms with E-state index >= 15 is 0 Å². The van der Waals surface area contributed by atoms with Crippen LogP contribution in [0.15, 0.2) is 0 Å². The van der Waals surface area contributed by atoms with Crippen molar-refractivity contribution in [3.8, 4) is 12.3 Å². The Labute approximate surface area is 106 Å². The fourth-order valence-corrected chi connectivity index (χ4v) is 6.04. The first kappa shape index (κ1) is 11.6. The monoisotopic (exact) mass is 231 g/mol. The molecule has 0 saturated heterocycles. The van der Waals surface area contributed by atoms with Crippen LogP contribution < -0.4 is 5.32 Å². The van der Waals surface area contributed by atoms with Gasteiger partial charge in [0, 0.05) is 18.5 Å². The first-order chi connectivity index (χ1) is 7.97. The van der Waals surface area contributed by atoms with Crippen LogP contribution in [0.25, 0.3) is 0 Å². The van der Waals surface area contributed by atoms with E-state index in [2.05, 4.69) is 25.1 Å². The molecule has 4 aliphatic rings. The third kappa shape index (κ3) is 1.91. The Hall–Kier alpha value is -0.480. The van der Waals surface area contributed by atoms with Gasteiger partial charge in [-0.2, -0.15) is 0 Å². The number of hydrogen-bond acceptors (Lipinski definition) is 1. The predicted octanol–water partition coefficient (Wildman–Crippen LogP) is 3.35. The lowest BCUT2D eigenvalue weighted by molar-refractivity contribution is -0.117. The van der Waals surface area contributed by atoms with Gasteiger partial charge in [0.05, 0.1) is 0 Å². The van der Waals surface area contributed by atoms with Gasteiger partial charge in [-0.05, 0) is 55.3 Å². The highest BCUT2D eigenvalue weighted by atomic mass is 15.0. The molecule has 0 amide bonds. The molecule has 1 nitrogen and oxygen atoms in total. The molecule has 4 rings (SSSR count). The molecule has 1 N–H and O–H groups in total. The third-order valence-corrected chi connectivity index (χ3v) is 5.40. The Morgan fingerprint density at radius 2 is 1.76 bits per heavy atom. The SMILES string of the molecule is C#CCCNC12CC3CC(C)(CC(C)(C3)C1)C2. The van der Waals surface area contributed by atoms with Crippen LogP contribution in [0.2, 0.25) is 0 Å². The van der Waals surface area contributed by atoms with Crippen LogP contribution in [-0.2, 0) is 0 Å². The molecule has 4 saturated carbocycles. The summed E-state index contributed by atoms with van der Waals surface area (Å²) in [5.74, 6) is 3.73. The van der Waals surface area contributed by atoms with E-state index in [9.17, 15) is 0 Å². The van der Waals surface area contributed by atoms with E-state index in [1.807, 2.05) is 0 Å². The largest absolute Gasteiger partial charge is 0.310 e. The molecule has 4 fully saturated rings. The van der Waals surface area contributed by atoms with E-state index in [1.165, 1.54) is 38.5 Å². The van der Waals surface area contributed by atoms with Gasteiger partial charge < -0.3 is 5.32 Å². The number of rotatable bonds is 3. The summed E-state index contributed by atoms with van der Waals surface area (Å²) < 4.78 is 0. The van der Waals surface area contributed by atoms with Crippen LogP contribution in [0.3, 0.4) is 0 Å². The highest BCUT2D eigenvalue weighted by Gasteiger charge is 2.59. The first-order valence-electron chi connectivity index (χ1n) is 7.15. The lowest BCUT2D eigenvalue weighted by Gasteiger charge is -2.65. The minimum atomic E-state index is 0.430. The Balaban J connectivity index is 1.80. The van der Waals surface area contributed by atoms with Crippen molar-refractivity contribution in [3.05, 3.63) is 0 Å². The smallest absolute Gasteiger partial charge is 0.0212 e. The summed E-state index contributed by atoms with van der Waals surface area (Å²) in [6.07, 6.45) is 14.8. The molecule has 1 heteroatoms. The first-order valence-corrected chi connectivity index (χ1v) is 7.15. The molecule has 0 spiro atoms. The van der Waals surface area contributed by atoms with Crippen LogP contribution in [0.1, 0.15) is 58.8 Å². The van der Waals surface area contributed by atoms with Crippen molar-refractivity contribution in [3.63, 3.8) is 0 Å². The van der Waals surface area contributed by atoms with E-state index < -0.39 is 0 Å². The fraction of sp³-hybridized carbons (Fsp3) is 0.875. The average Bonchev–Trinajstić information content (AvgIpc) is 2.11. The molecule has 4 bridgehead atoms. The summed E-state index contributed by atoms with van der Waals surface area (Å²) in [5, 5.41) is 3.84. The maximum atomic E-state index is 5.37. The Morgan fingerprint density at radius 3 is 2.29 bits per heavy atom. The standard InChI is InChI=1S/C16H25N/c1-4-5-6-17-16-9-13-7-14(2,11-16)10-15(3,8-13)12-16/h1,13,17H,5-12H2,2-3H3. The van der Waals surface area contributed by atoms with Crippen LogP contribution in [-0.4, -0.2) is 12.1 Å². The van der Waals surface area contributed by atoms with Crippen molar-refractivity contribution in [1.82, 2.24) is 5.32 Å². The van der Waals surface area contributed by atoms with Gasteiger partial charge in [-0.15, -0.1) is 12.3 Å². The summed E-state index contributed by atoms with van der Waals surface area (Å²) in [6, 6.07) is 0. The molecule has 0 aliphatic heterocycles. The van der Waals surface area contributed by atoms with Crippen molar-refractivity contribution < 1.29 is 0 Å². The zero-order chi connectivity index (χ0) is 12.1. The summed E-state index contributed by atoms with van der Waals surface area (Å²) in [4.78, 5) is 0. The molecule has 17 heavy (non-hydrogen) atoms. The van der Waals surface area contributed by atoms with E-state index in [4.69, 9.17) is 6.42 Å². The Morgan fingerprint density at radius 1 is 1.12 bits per heavy atom. The average molecular weight is 231 g/mol. The zero-order valence-electron chi connectivity index (χ0n) is 11.3. The quantitative estimate of drug-likeness (QED) is 0.580. The highest BCUT2D eigenvalue weighted by molar-refractivity contribution is 5.14. The maximum absolute atomic E-state index is 5.37. The molecule has 0 aromatic carbocycles. The number of hydrogen-bond donors (Lipinski definition) is 1. The van der Waals surface area contributed by atoms with Gasteiger partial charge in [-0.1, -0.05) is 13.8 Å². The lowest BCUT2D eigenvalue weighted by atomic mass is 9.43. The second kappa shape index (κ2) is 3.51. The fourth-order valence-electron chi connectivity index (χ4n) is 6.04. The molecular weight excluding hydrogens is 206 g/mol. The minimum Gasteiger partial charge on any atom is -0.310 e. The van der Waals surface area contributed by atoms with Crippen LogP contribution in [0.4, 0.5) is 0 Å². The zero-order valence-corrected chi connectivity index (χ0v) is 11.3.